The number of hydrogen-bond acceptors (Lipinski definition) is 2. The Morgan fingerprint density at radius 2 is 0.558 bits per heavy atom. The molecule has 2 heteroatoms. The van der Waals surface area contributed by atoms with Crippen molar-refractivity contribution in [3.63, 3.8) is 0 Å². The zero-order chi connectivity index (χ0) is 34.8. The molecule has 0 unspecified atom stereocenters. The van der Waals surface area contributed by atoms with Gasteiger partial charge in [-0.15, -0.1) is 22.7 Å². The molecule has 52 heavy (non-hydrogen) atoms. The zero-order valence-corrected chi connectivity index (χ0v) is 30.6. The van der Waals surface area contributed by atoms with Crippen molar-refractivity contribution in [1.29, 1.82) is 0 Å². The van der Waals surface area contributed by atoms with Gasteiger partial charge in [0.05, 0.1) is 0 Å². The second-order valence-corrected chi connectivity index (χ2v) is 15.8. The largest absolute Gasteiger partial charge is 0.134 e. The van der Waals surface area contributed by atoms with Crippen molar-refractivity contribution in [3.05, 3.63) is 181 Å². The molecule has 0 nitrogen and oxygen atoms in total. The lowest BCUT2D eigenvalue weighted by molar-refractivity contribution is 1.47. The Labute approximate surface area is 311 Å². The van der Waals surface area contributed by atoms with Crippen LogP contribution in [0.1, 0.15) is 11.1 Å². The Balaban J connectivity index is 1.17. The summed E-state index contributed by atoms with van der Waals surface area (Å²) in [4.78, 5) is 0. The van der Waals surface area contributed by atoms with Crippen LogP contribution in [-0.4, -0.2) is 0 Å². The third kappa shape index (κ3) is 5.02. The number of benzene rings is 8. The van der Waals surface area contributed by atoms with Crippen LogP contribution in [0.15, 0.2) is 170 Å². The molecule has 0 bridgehead atoms. The molecule has 0 N–H and O–H groups in total. The van der Waals surface area contributed by atoms with Crippen molar-refractivity contribution in [3.8, 4) is 55.6 Å². The fourth-order valence-corrected chi connectivity index (χ4v) is 10.8. The van der Waals surface area contributed by atoms with E-state index >= 15 is 0 Å². The van der Waals surface area contributed by atoms with Gasteiger partial charge < -0.3 is 0 Å². The molecule has 0 aliphatic rings. The summed E-state index contributed by atoms with van der Waals surface area (Å²) in [5, 5.41) is 5.27. The number of aryl methyl sites for hydroxylation is 2. The summed E-state index contributed by atoms with van der Waals surface area (Å²) in [6.45, 7) is 4.34. The number of fused-ring (bicyclic) bond motifs is 6. The molecule has 0 saturated heterocycles. The Kier molecular flexibility index (Phi) is 7.42. The van der Waals surface area contributed by atoms with Gasteiger partial charge in [-0.05, 0) is 58.4 Å². The second-order valence-electron chi connectivity index (χ2n) is 13.8. The Morgan fingerprint density at radius 3 is 0.923 bits per heavy atom. The SMILES string of the molecule is Cc1cccc(-c2cccc3c2sc2c(-c4ccccc4-c4ccccc4-c4cccc5c4sc4c(-c6cccc(C)c6)cccc45)cccc23)c1. The maximum absolute atomic E-state index is 2.31. The Bertz CT molecular complexity index is 2790. The van der Waals surface area contributed by atoms with E-state index in [1.54, 1.807) is 0 Å². The first-order chi connectivity index (χ1) is 25.6. The third-order valence-electron chi connectivity index (χ3n) is 10.4. The van der Waals surface area contributed by atoms with E-state index in [2.05, 4.69) is 184 Å². The van der Waals surface area contributed by atoms with E-state index in [-0.39, 0.29) is 0 Å². The maximum atomic E-state index is 2.31. The lowest BCUT2D eigenvalue weighted by Gasteiger charge is -2.16. The van der Waals surface area contributed by atoms with Gasteiger partial charge in [-0.2, -0.15) is 0 Å². The summed E-state index contributed by atoms with van der Waals surface area (Å²) in [6.07, 6.45) is 0. The normalized spacial score (nSPS) is 11.7. The molecular weight excluding hydrogens is 665 g/mol. The highest BCUT2D eigenvalue weighted by molar-refractivity contribution is 7.27. The fourth-order valence-electron chi connectivity index (χ4n) is 8.05. The summed E-state index contributed by atoms with van der Waals surface area (Å²) in [5.41, 5.74) is 15.3. The average Bonchev–Trinajstić information content (AvgIpc) is 3.77. The Morgan fingerprint density at radius 1 is 0.269 bits per heavy atom. The highest BCUT2D eigenvalue weighted by atomic mass is 32.1. The monoisotopic (exact) mass is 698 g/mol. The van der Waals surface area contributed by atoms with Gasteiger partial charge in [0.15, 0.2) is 0 Å². The number of rotatable bonds is 5. The van der Waals surface area contributed by atoms with Gasteiger partial charge >= 0.3 is 0 Å². The Hall–Kier alpha value is -5.80. The molecule has 8 aromatic carbocycles. The molecule has 0 aliphatic carbocycles. The van der Waals surface area contributed by atoms with Crippen molar-refractivity contribution in [2.75, 3.05) is 0 Å². The van der Waals surface area contributed by atoms with Gasteiger partial charge in [0.2, 0.25) is 0 Å². The molecular formula is C50H34S2. The van der Waals surface area contributed by atoms with Gasteiger partial charge in [0.25, 0.3) is 0 Å². The molecule has 0 spiro atoms. The van der Waals surface area contributed by atoms with Crippen molar-refractivity contribution in [2.45, 2.75) is 13.8 Å². The van der Waals surface area contributed by atoms with E-state index in [1.165, 1.54) is 107 Å². The summed E-state index contributed by atoms with van der Waals surface area (Å²) >= 11 is 3.84. The molecule has 0 fully saturated rings. The van der Waals surface area contributed by atoms with Crippen LogP contribution < -0.4 is 0 Å². The van der Waals surface area contributed by atoms with Gasteiger partial charge in [-0.25, -0.2) is 0 Å². The van der Waals surface area contributed by atoms with Crippen LogP contribution in [0.4, 0.5) is 0 Å². The van der Waals surface area contributed by atoms with Crippen LogP contribution in [-0.2, 0) is 0 Å². The lowest BCUT2D eigenvalue weighted by Crippen LogP contribution is -1.89. The van der Waals surface area contributed by atoms with Crippen LogP contribution in [0.3, 0.4) is 0 Å². The quantitative estimate of drug-likeness (QED) is 0.168. The molecule has 0 radical (unpaired) electrons. The molecule has 2 aromatic heterocycles. The summed E-state index contributed by atoms with van der Waals surface area (Å²) < 4.78 is 5.35. The predicted octanol–water partition coefficient (Wildman–Crippen LogP) is 15.4. The van der Waals surface area contributed by atoms with E-state index in [0.29, 0.717) is 0 Å². The van der Waals surface area contributed by atoms with E-state index in [9.17, 15) is 0 Å². The average molecular weight is 699 g/mol. The predicted molar refractivity (Wildman–Crippen MR) is 229 cm³/mol. The van der Waals surface area contributed by atoms with Gasteiger partial charge in [0.1, 0.15) is 0 Å². The van der Waals surface area contributed by atoms with Gasteiger partial charge in [-0.3, -0.25) is 0 Å². The fraction of sp³-hybridized carbons (Fsp3) is 0.0400. The van der Waals surface area contributed by atoms with Crippen molar-refractivity contribution in [2.24, 2.45) is 0 Å². The smallest absolute Gasteiger partial charge is 0.0434 e. The minimum Gasteiger partial charge on any atom is -0.134 e. The van der Waals surface area contributed by atoms with Crippen molar-refractivity contribution >= 4 is 63.0 Å². The standard InChI is InChI=1S/C50H34S2/c1-31-13-7-15-33(29-31)35-21-9-25-43-45-27-11-23-41(49(45)51-47(35)43)39-19-5-3-17-37(39)38-18-4-6-20-40(38)42-24-12-28-46-44-26-10-22-36(48(44)52-50(42)46)34-16-8-14-32(2)30-34/h3-30H,1-2H3. The third-order valence-corrected chi connectivity index (χ3v) is 13.0. The summed E-state index contributed by atoms with van der Waals surface area (Å²) in [6, 6.07) is 62.9. The maximum Gasteiger partial charge on any atom is 0.0434 e. The highest BCUT2D eigenvalue weighted by Gasteiger charge is 2.20. The van der Waals surface area contributed by atoms with Crippen LogP contribution in [0.5, 0.6) is 0 Å². The zero-order valence-electron chi connectivity index (χ0n) is 29.0. The van der Waals surface area contributed by atoms with Crippen LogP contribution >= 0.6 is 22.7 Å². The molecule has 0 amide bonds. The molecule has 10 rings (SSSR count). The van der Waals surface area contributed by atoms with Gasteiger partial charge in [-0.1, -0.05) is 181 Å². The summed E-state index contributed by atoms with van der Waals surface area (Å²) in [5.74, 6) is 0. The van der Waals surface area contributed by atoms with Crippen LogP contribution in [0, 0.1) is 13.8 Å². The minimum absolute atomic E-state index is 1.25. The van der Waals surface area contributed by atoms with Gasteiger partial charge in [0, 0.05) is 51.5 Å². The lowest BCUT2D eigenvalue weighted by atomic mass is 9.88. The molecule has 0 aliphatic heterocycles. The minimum atomic E-state index is 1.25. The molecule has 2 heterocycles. The van der Waals surface area contributed by atoms with Crippen LogP contribution in [0.25, 0.3) is 96.0 Å². The van der Waals surface area contributed by atoms with Crippen LogP contribution in [0.2, 0.25) is 0 Å². The molecule has 0 atom stereocenters. The first-order valence-corrected chi connectivity index (χ1v) is 19.5. The molecule has 0 saturated carbocycles. The van der Waals surface area contributed by atoms with Crippen molar-refractivity contribution in [1.82, 2.24) is 0 Å². The highest BCUT2D eigenvalue weighted by Crippen LogP contribution is 2.49. The summed E-state index contributed by atoms with van der Waals surface area (Å²) in [7, 11) is 0. The van der Waals surface area contributed by atoms with E-state index < -0.39 is 0 Å². The first-order valence-electron chi connectivity index (χ1n) is 17.8. The molecule has 10 aromatic rings. The number of hydrogen-bond donors (Lipinski definition) is 0. The second kappa shape index (κ2) is 12.5. The molecule has 246 valence electrons. The topological polar surface area (TPSA) is 0 Å². The van der Waals surface area contributed by atoms with E-state index in [4.69, 9.17) is 0 Å². The van der Waals surface area contributed by atoms with E-state index in [0.717, 1.165) is 0 Å². The van der Waals surface area contributed by atoms with Crippen molar-refractivity contribution < 1.29 is 0 Å². The number of thiophene rings is 2. The first kappa shape index (κ1) is 31.0. The van der Waals surface area contributed by atoms with E-state index in [1.807, 2.05) is 22.7 Å².